The van der Waals surface area contributed by atoms with E-state index < -0.39 is 0 Å². The molecule has 3 rings (SSSR count). The fourth-order valence-corrected chi connectivity index (χ4v) is 2.67. The average molecular weight is 315 g/mol. The summed E-state index contributed by atoms with van der Waals surface area (Å²) in [4.78, 5) is 20.2. The van der Waals surface area contributed by atoms with Gasteiger partial charge in [-0.15, -0.1) is 0 Å². The van der Waals surface area contributed by atoms with Crippen molar-refractivity contribution < 1.29 is 9.47 Å². The van der Waals surface area contributed by atoms with Crippen LogP contribution in [0.1, 0.15) is 20.3 Å². The standard InChI is InChI=1S/C17H21N3O3/c1-3-22-9-5-8-20-11-18-15-13-10-12(23-4-2)6-7-14(13)19-16(15)17(20)21/h6-7,10-11,19H,3-5,8-9H2,1-2H3. The maximum absolute atomic E-state index is 12.6. The number of nitrogens with zero attached hydrogens (tertiary/aromatic N) is 2. The van der Waals surface area contributed by atoms with Crippen LogP contribution in [0.15, 0.2) is 29.3 Å². The molecule has 3 aromatic rings. The molecule has 0 saturated heterocycles. The van der Waals surface area contributed by atoms with Crippen molar-refractivity contribution in [2.24, 2.45) is 0 Å². The fraction of sp³-hybridized carbons (Fsp3) is 0.412. The van der Waals surface area contributed by atoms with Gasteiger partial charge >= 0.3 is 0 Å². The zero-order chi connectivity index (χ0) is 16.2. The van der Waals surface area contributed by atoms with E-state index in [4.69, 9.17) is 9.47 Å². The lowest BCUT2D eigenvalue weighted by Crippen LogP contribution is -2.21. The number of nitrogens with one attached hydrogen (secondary N) is 1. The molecule has 0 radical (unpaired) electrons. The Morgan fingerprint density at radius 1 is 1.26 bits per heavy atom. The molecule has 0 aliphatic rings. The molecule has 0 saturated carbocycles. The minimum absolute atomic E-state index is 0.0549. The van der Waals surface area contributed by atoms with Crippen LogP contribution in [-0.4, -0.2) is 34.4 Å². The number of ether oxygens (including phenoxy) is 2. The predicted octanol–water partition coefficient (Wildman–Crippen LogP) is 2.70. The molecule has 1 aromatic carbocycles. The van der Waals surface area contributed by atoms with Crippen LogP contribution in [0.2, 0.25) is 0 Å². The van der Waals surface area contributed by atoms with Gasteiger partial charge in [0.15, 0.2) is 0 Å². The third-order valence-corrected chi connectivity index (χ3v) is 3.75. The molecular weight excluding hydrogens is 294 g/mol. The lowest BCUT2D eigenvalue weighted by Gasteiger charge is -2.05. The van der Waals surface area contributed by atoms with E-state index in [0.29, 0.717) is 37.4 Å². The summed E-state index contributed by atoms with van der Waals surface area (Å²) in [6.07, 6.45) is 2.40. The largest absolute Gasteiger partial charge is 0.494 e. The van der Waals surface area contributed by atoms with Crippen LogP contribution in [0, 0.1) is 0 Å². The van der Waals surface area contributed by atoms with E-state index in [-0.39, 0.29) is 5.56 Å². The quantitative estimate of drug-likeness (QED) is 0.681. The number of aromatic amines is 1. The van der Waals surface area contributed by atoms with Gasteiger partial charge in [-0.05, 0) is 38.5 Å². The third kappa shape index (κ3) is 3.07. The lowest BCUT2D eigenvalue weighted by molar-refractivity contribution is 0.141. The first kappa shape index (κ1) is 15.6. The van der Waals surface area contributed by atoms with Crippen molar-refractivity contribution in [2.45, 2.75) is 26.8 Å². The Bertz CT molecular complexity index is 867. The first-order valence-corrected chi connectivity index (χ1v) is 7.96. The lowest BCUT2D eigenvalue weighted by atomic mass is 10.2. The number of hydrogen-bond acceptors (Lipinski definition) is 4. The van der Waals surface area contributed by atoms with E-state index in [0.717, 1.165) is 23.1 Å². The highest BCUT2D eigenvalue weighted by Gasteiger charge is 2.11. The monoisotopic (exact) mass is 315 g/mol. The molecule has 0 aliphatic heterocycles. The van der Waals surface area contributed by atoms with Crippen LogP contribution in [-0.2, 0) is 11.3 Å². The molecule has 2 aromatic heterocycles. The number of rotatable bonds is 7. The second-order valence-electron chi connectivity index (χ2n) is 5.28. The first-order valence-electron chi connectivity index (χ1n) is 7.96. The van der Waals surface area contributed by atoms with Crippen LogP contribution in [0.5, 0.6) is 5.75 Å². The highest BCUT2D eigenvalue weighted by molar-refractivity contribution is 6.04. The molecule has 1 N–H and O–H groups in total. The van der Waals surface area contributed by atoms with E-state index >= 15 is 0 Å². The normalized spacial score (nSPS) is 11.4. The highest BCUT2D eigenvalue weighted by Crippen LogP contribution is 2.25. The molecule has 0 aliphatic carbocycles. The van der Waals surface area contributed by atoms with E-state index in [1.165, 1.54) is 0 Å². The van der Waals surface area contributed by atoms with Crippen LogP contribution in [0.3, 0.4) is 0 Å². The van der Waals surface area contributed by atoms with Crippen molar-refractivity contribution >= 4 is 21.9 Å². The second-order valence-corrected chi connectivity index (χ2v) is 5.28. The Morgan fingerprint density at radius 3 is 2.91 bits per heavy atom. The van der Waals surface area contributed by atoms with Gasteiger partial charge < -0.3 is 14.5 Å². The number of aryl methyl sites for hydroxylation is 1. The fourth-order valence-electron chi connectivity index (χ4n) is 2.67. The van der Waals surface area contributed by atoms with Crippen LogP contribution < -0.4 is 10.3 Å². The Morgan fingerprint density at radius 2 is 2.13 bits per heavy atom. The van der Waals surface area contributed by atoms with Crippen molar-refractivity contribution in [3.05, 3.63) is 34.9 Å². The molecule has 2 heterocycles. The van der Waals surface area contributed by atoms with Crippen molar-refractivity contribution in [3.63, 3.8) is 0 Å². The van der Waals surface area contributed by atoms with Gasteiger partial charge in [0.05, 0.1) is 12.9 Å². The SMILES string of the molecule is CCOCCCn1cnc2c([nH]c3ccc(OCC)cc32)c1=O. The minimum atomic E-state index is -0.0549. The average Bonchev–Trinajstić information content (AvgIpc) is 2.93. The molecule has 23 heavy (non-hydrogen) atoms. The van der Waals surface area contributed by atoms with E-state index in [1.54, 1.807) is 10.9 Å². The number of fused-ring (bicyclic) bond motifs is 3. The van der Waals surface area contributed by atoms with Gasteiger partial charge in [0.1, 0.15) is 16.8 Å². The van der Waals surface area contributed by atoms with Crippen molar-refractivity contribution in [1.82, 2.24) is 14.5 Å². The molecule has 0 atom stereocenters. The Labute approximate surface area is 134 Å². The van der Waals surface area contributed by atoms with Crippen molar-refractivity contribution in [3.8, 4) is 5.75 Å². The van der Waals surface area contributed by atoms with Crippen LogP contribution >= 0.6 is 0 Å². The summed E-state index contributed by atoms with van der Waals surface area (Å²) in [6, 6.07) is 5.73. The highest BCUT2D eigenvalue weighted by atomic mass is 16.5. The second kappa shape index (κ2) is 6.83. The van der Waals surface area contributed by atoms with Gasteiger partial charge in [0.25, 0.3) is 5.56 Å². The maximum Gasteiger partial charge on any atom is 0.277 e. The van der Waals surface area contributed by atoms with Gasteiger partial charge in [0.2, 0.25) is 0 Å². The van der Waals surface area contributed by atoms with Crippen molar-refractivity contribution in [2.75, 3.05) is 19.8 Å². The van der Waals surface area contributed by atoms with E-state index in [1.807, 2.05) is 32.0 Å². The Hall–Kier alpha value is -2.34. The Balaban J connectivity index is 1.97. The summed E-state index contributed by atoms with van der Waals surface area (Å²) in [6.45, 7) is 6.44. The zero-order valence-corrected chi connectivity index (χ0v) is 13.5. The summed E-state index contributed by atoms with van der Waals surface area (Å²) in [5, 5.41) is 0.907. The van der Waals surface area contributed by atoms with Gasteiger partial charge in [-0.1, -0.05) is 0 Å². The third-order valence-electron chi connectivity index (χ3n) is 3.75. The van der Waals surface area contributed by atoms with Gasteiger partial charge in [-0.3, -0.25) is 9.36 Å². The summed E-state index contributed by atoms with van der Waals surface area (Å²) in [5.74, 6) is 0.781. The van der Waals surface area contributed by atoms with E-state index in [9.17, 15) is 4.79 Å². The smallest absolute Gasteiger partial charge is 0.277 e. The predicted molar refractivity (Wildman–Crippen MR) is 90.1 cm³/mol. The van der Waals surface area contributed by atoms with Gasteiger partial charge in [0, 0.05) is 30.7 Å². The number of benzene rings is 1. The first-order chi connectivity index (χ1) is 11.2. The zero-order valence-electron chi connectivity index (χ0n) is 13.5. The molecule has 0 amide bonds. The number of H-pyrrole nitrogens is 1. The van der Waals surface area contributed by atoms with E-state index in [2.05, 4.69) is 9.97 Å². The molecule has 6 heteroatoms. The van der Waals surface area contributed by atoms with Crippen molar-refractivity contribution in [1.29, 1.82) is 0 Å². The minimum Gasteiger partial charge on any atom is -0.494 e. The molecule has 0 unspecified atom stereocenters. The van der Waals surface area contributed by atoms with Gasteiger partial charge in [-0.2, -0.15) is 0 Å². The molecule has 122 valence electrons. The molecule has 0 bridgehead atoms. The maximum atomic E-state index is 12.6. The Kier molecular flexibility index (Phi) is 4.62. The molecule has 0 spiro atoms. The topological polar surface area (TPSA) is 69.1 Å². The van der Waals surface area contributed by atoms with Crippen LogP contribution in [0.25, 0.3) is 21.9 Å². The summed E-state index contributed by atoms with van der Waals surface area (Å²) in [5.41, 5.74) is 2.06. The number of hydrogen-bond donors (Lipinski definition) is 1. The summed E-state index contributed by atoms with van der Waals surface area (Å²) >= 11 is 0. The summed E-state index contributed by atoms with van der Waals surface area (Å²) in [7, 11) is 0. The molecular formula is C17H21N3O3. The van der Waals surface area contributed by atoms with Gasteiger partial charge in [-0.25, -0.2) is 4.98 Å². The van der Waals surface area contributed by atoms with Crippen LogP contribution in [0.4, 0.5) is 0 Å². The molecule has 6 nitrogen and oxygen atoms in total. The molecule has 0 fully saturated rings. The summed E-state index contributed by atoms with van der Waals surface area (Å²) < 4.78 is 12.5. The number of aromatic nitrogens is 3.